The topological polar surface area (TPSA) is 23.6 Å². The normalized spacial score (nSPS) is 30.1. The zero-order chi connectivity index (χ0) is 16.0. The number of carbonyl (C=O) groups is 1. The highest BCUT2D eigenvalue weighted by atomic mass is 16.2. The molecule has 3 atom stereocenters. The van der Waals surface area contributed by atoms with Crippen LogP contribution in [0.1, 0.15) is 36.8 Å². The van der Waals surface area contributed by atoms with E-state index in [1.54, 1.807) is 0 Å². The molecule has 3 heteroatoms. The van der Waals surface area contributed by atoms with Gasteiger partial charge in [-0.3, -0.25) is 4.79 Å². The lowest BCUT2D eigenvalue weighted by atomic mass is 9.87. The van der Waals surface area contributed by atoms with Crippen LogP contribution in [-0.4, -0.2) is 37.0 Å². The summed E-state index contributed by atoms with van der Waals surface area (Å²) in [6.45, 7) is 8.10. The number of piperazine rings is 1. The molecule has 1 amide bonds. The summed E-state index contributed by atoms with van der Waals surface area (Å²) in [7, 11) is 0. The van der Waals surface area contributed by atoms with Gasteiger partial charge in [0.1, 0.15) is 0 Å². The molecule has 2 saturated carbocycles. The second kappa shape index (κ2) is 5.85. The Kier molecular flexibility index (Phi) is 3.82. The summed E-state index contributed by atoms with van der Waals surface area (Å²) in [6, 6.07) is 6.54. The summed E-state index contributed by atoms with van der Waals surface area (Å²) >= 11 is 0. The van der Waals surface area contributed by atoms with Gasteiger partial charge in [-0.2, -0.15) is 0 Å². The molecule has 3 nitrogen and oxygen atoms in total. The number of hydrogen-bond donors (Lipinski definition) is 0. The second-order valence-electron chi connectivity index (χ2n) is 7.81. The van der Waals surface area contributed by atoms with Crippen LogP contribution in [0.5, 0.6) is 0 Å². The molecule has 124 valence electrons. The lowest BCUT2D eigenvalue weighted by Crippen LogP contribution is -2.51. The van der Waals surface area contributed by atoms with Crippen LogP contribution in [0.2, 0.25) is 0 Å². The van der Waals surface area contributed by atoms with Crippen molar-refractivity contribution >= 4 is 11.6 Å². The molecule has 0 spiro atoms. The Balaban J connectivity index is 1.39. The molecule has 0 radical (unpaired) electrons. The first kappa shape index (κ1) is 15.0. The predicted molar refractivity (Wildman–Crippen MR) is 93.6 cm³/mol. The van der Waals surface area contributed by atoms with E-state index >= 15 is 0 Å². The molecular formula is C20H28N2O. The number of anilines is 1. The van der Waals surface area contributed by atoms with E-state index in [0.29, 0.717) is 17.7 Å². The van der Waals surface area contributed by atoms with Gasteiger partial charge >= 0.3 is 0 Å². The third kappa shape index (κ3) is 2.64. The summed E-state index contributed by atoms with van der Waals surface area (Å²) in [5.41, 5.74) is 4.07. The highest BCUT2D eigenvalue weighted by Crippen LogP contribution is 2.48. The number of benzene rings is 1. The van der Waals surface area contributed by atoms with Crippen LogP contribution in [0.3, 0.4) is 0 Å². The zero-order valence-corrected chi connectivity index (χ0v) is 14.4. The molecule has 3 unspecified atom stereocenters. The number of nitrogens with zero attached hydrogens (tertiary/aromatic N) is 2. The number of fused-ring (bicyclic) bond motifs is 2. The molecular weight excluding hydrogens is 284 g/mol. The summed E-state index contributed by atoms with van der Waals surface area (Å²) in [4.78, 5) is 17.5. The minimum absolute atomic E-state index is 0.348. The van der Waals surface area contributed by atoms with E-state index in [2.05, 4.69) is 41.8 Å². The van der Waals surface area contributed by atoms with Crippen LogP contribution in [0, 0.1) is 31.6 Å². The lowest BCUT2D eigenvalue weighted by Gasteiger charge is -2.39. The van der Waals surface area contributed by atoms with Crippen molar-refractivity contribution in [1.82, 2.24) is 4.90 Å². The van der Waals surface area contributed by atoms with Gasteiger partial charge in [0, 0.05) is 37.8 Å². The van der Waals surface area contributed by atoms with E-state index in [4.69, 9.17) is 0 Å². The van der Waals surface area contributed by atoms with Gasteiger partial charge in [0.05, 0.1) is 0 Å². The van der Waals surface area contributed by atoms with E-state index in [0.717, 1.165) is 32.1 Å². The van der Waals surface area contributed by atoms with Crippen LogP contribution < -0.4 is 4.90 Å². The maximum absolute atomic E-state index is 12.9. The summed E-state index contributed by atoms with van der Waals surface area (Å²) in [6.07, 6.45) is 5.15. The number of rotatable bonds is 2. The van der Waals surface area contributed by atoms with Crippen molar-refractivity contribution < 1.29 is 4.79 Å². The Hall–Kier alpha value is -1.51. The van der Waals surface area contributed by atoms with Gasteiger partial charge < -0.3 is 9.80 Å². The third-order valence-corrected chi connectivity index (χ3v) is 6.56. The van der Waals surface area contributed by atoms with Gasteiger partial charge in [-0.25, -0.2) is 0 Å². The van der Waals surface area contributed by atoms with Crippen molar-refractivity contribution in [2.75, 3.05) is 31.1 Å². The molecule has 23 heavy (non-hydrogen) atoms. The summed E-state index contributed by atoms with van der Waals surface area (Å²) in [5.74, 6) is 2.36. The van der Waals surface area contributed by atoms with E-state index in [1.165, 1.54) is 42.5 Å². The molecule has 3 fully saturated rings. The quantitative estimate of drug-likeness (QED) is 0.836. The maximum Gasteiger partial charge on any atom is 0.226 e. The fraction of sp³-hybridized carbons (Fsp3) is 0.650. The molecule has 3 aliphatic rings. The van der Waals surface area contributed by atoms with E-state index < -0.39 is 0 Å². The lowest BCUT2D eigenvalue weighted by molar-refractivity contribution is -0.137. The van der Waals surface area contributed by atoms with Crippen molar-refractivity contribution in [2.45, 2.75) is 39.5 Å². The van der Waals surface area contributed by atoms with Crippen molar-refractivity contribution in [3.63, 3.8) is 0 Å². The number of amides is 1. The Bertz CT molecular complexity index is 604. The fourth-order valence-electron chi connectivity index (χ4n) is 5.03. The molecule has 4 rings (SSSR count). The molecule has 1 heterocycles. The standard InChI is InChI=1S/C20H28N2O/c1-14-4-3-5-19(15(14)2)21-8-10-22(11-9-21)20(23)18-13-16-6-7-17(18)12-16/h3-5,16-18H,6-13H2,1-2H3. The molecule has 2 aliphatic carbocycles. The monoisotopic (exact) mass is 312 g/mol. The van der Waals surface area contributed by atoms with Crippen molar-refractivity contribution in [3.8, 4) is 0 Å². The predicted octanol–water partition coefficient (Wildman–Crippen LogP) is 3.39. The number of hydrogen-bond acceptors (Lipinski definition) is 2. The largest absolute Gasteiger partial charge is 0.368 e. The Morgan fingerprint density at radius 3 is 2.48 bits per heavy atom. The SMILES string of the molecule is Cc1cccc(N2CCN(C(=O)C3CC4CCC3C4)CC2)c1C. The first-order valence-electron chi connectivity index (χ1n) is 9.23. The molecule has 0 N–H and O–H groups in total. The molecule has 1 aromatic carbocycles. The molecule has 0 aromatic heterocycles. The Morgan fingerprint density at radius 2 is 1.83 bits per heavy atom. The number of carbonyl (C=O) groups excluding carboxylic acids is 1. The van der Waals surface area contributed by atoms with E-state index in [1.807, 2.05) is 0 Å². The number of aryl methyl sites for hydroxylation is 1. The first-order valence-corrected chi connectivity index (χ1v) is 9.23. The van der Waals surface area contributed by atoms with Gasteiger partial charge in [-0.1, -0.05) is 18.6 Å². The summed E-state index contributed by atoms with van der Waals surface area (Å²) in [5, 5.41) is 0. The van der Waals surface area contributed by atoms with Crippen LogP contribution in [0.25, 0.3) is 0 Å². The van der Waals surface area contributed by atoms with Crippen molar-refractivity contribution in [3.05, 3.63) is 29.3 Å². The molecule has 1 aromatic rings. The van der Waals surface area contributed by atoms with Crippen LogP contribution in [-0.2, 0) is 4.79 Å². The fourth-order valence-corrected chi connectivity index (χ4v) is 5.03. The smallest absolute Gasteiger partial charge is 0.226 e. The minimum Gasteiger partial charge on any atom is -0.368 e. The third-order valence-electron chi connectivity index (χ3n) is 6.56. The highest BCUT2D eigenvalue weighted by Gasteiger charge is 2.44. The van der Waals surface area contributed by atoms with Gasteiger partial charge in [0.15, 0.2) is 0 Å². The van der Waals surface area contributed by atoms with Gasteiger partial charge in [0.2, 0.25) is 5.91 Å². The zero-order valence-electron chi connectivity index (χ0n) is 14.4. The Morgan fingerprint density at radius 1 is 1.04 bits per heavy atom. The van der Waals surface area contributed by atoms with Crippen LogP contribution in [0.15, 0.2) is 18.2 Å². The average Bonchev–Trinajstić information content (AvgIpc) is 3.20. The van der Waals surface area contributed by atoms with Gasteiger partial charge in [-0.15, -0.1) is 0 Å². The van der Waals surface area contributed by atoms with Gasteiger partial charge in [-0.05, 0) is 62.1 Å². The summed E-state index contributed by atoms with van der Waals surface area (Å²) < 4.78 is 0. The van der Waals surface area contributed by atoms with Crippen molar-refractivity contribution in [2.24, 2.45) is 17.8 Å². The van der Waals surface area contributed by atoms with E-state index in [9.17, 15) is 4.79 Å². The molecule has 1 saturated heterocycles. The second-order valence-corrected chi connectivity index (χ2v) is 7.81. The Labute approximate surface area is 139 Å². The van der Waals surface area contributed by atoms with Crippen LogP contribution in [0.4, 0.5) is 5.69 Å². The van der Waals surface area contributed by atoms with Gasteiger partial charge in [0.25, 0.3) is 0 Å². The minimum atomic E-state index is 0.348. The average molecular weight is 312 g/mol. The highest BCUT2D eigenvalue weighted by molar-refractivity contribution is 5.80. The van der Waals surface area contributed by atoms with Crippen molar-refractivity contribution in [1.29, 1.82) is 0 Å². The maximum atomic E-state index is 12.9. The molecule has 1 aliphatic heterocycles. The van der Waals surface area contributed by atoms with E-state index in [-0.39, 0.29) is 0 Å². The first-order chi connectivity index (χ1) is 11.1. The van der Waals surface area contributed by atoms with Crippen LogP contribution >= 0.6 is 0 Å². The molecule has 2 bridgehead atoms.